The highest BCUT2D eigenvalue weighted by Gasteiger charge is 2.16. The Morgan fingerprint density at radius 1 is 1.04 bits per heavy atom. The van der Waals surface area contributed by atoms with Crippen LogP contribution in [0.15, 0.2) is 53.4 Å². The lowest BCUT2D eigenvalue weighted by molar-refractivity contribution is -0.133. The number of amides is 2. The number of carbonyl (C=O) groups excluding carboxylic acids is 3. The van der Waals surface area contributed by atoms with Gasteiger partial charge < -0.3 is 10.2 Å². The van der Waals surface area contributed by atoms with Gasteiger partial charge in [-0.15, -0.1) is 11.8 Å². The maximum Gasteiger partial charge on any atom is 0.244 e. The molecule has 0 fully saturated rings. The van der Waals surface area contributed by atoms with Crippen molar-refractivity contribution in [2.75, 3.05) is 25.2 Å². The number of Topliss-reactive ketones (excluding diaryl/α,β-unsaturated/α-hetero) is 1. The van der Waals surface area contributed by atoms with Gasteiger partial charge in [0, 0.05) is 35.4 Å². The van der Waals surface area contributed by atoms with Crippen molar-refractivity contribution >= 4 is 46.6 Å². The molecule has 0 aliphatic carbocycles. The average Bonchev–Trinajstić information content (AvgIpc) is 2.66. The summed E-state index contributed by atoms with van der Waals surface area (Å²) in [6, 6.07) is 14.0. The lowest BCUT2D eigenvalue weighted by atomic mass is 10.1. The summed E-state index contributed by atoms with van der Waals surface area (Å²) in [5.41, 5.74) is 1.23. The molecule has 142 valence electrons. The Bertz CT molecular complexity index is 824. The first-order valence-electron chi connectivity index (χ1n) is 8.36. The highest BCUT2D eigenvalue weighted by atomic mass is 35.5. The third kappa shape index (κ3) is 6.41. The molecule has 0 aromatic heterocycles. The smallest absolute Gasteiger partial charge is 0.244 e. The highest BCUT2D eigenvalue weighted by Crippen LogP contribution is 2.24. The molecule has 2 aromatic carbocycles. The molecule has 1 N–H and O–H groups in total. The molecular formula is C20H21ClN2O3S. The third-order valence-corrected chi connectivity index (χ3v) is 4.97. The second-order valence-corrected chi connectivity index (χ2v) is 7.21. The summed E-state index contributed by atoms with van der Waals surface area (Å²) in [5.74, 6) is -0.672. The Labute approximate surface area is 168 Å². The number of rotatable bonds is 8. The van der Waals surface area contributed by atoms with Gasteiger partial charge in [-0.25, -0.2) is 0 Å². The largest absolute Gasteiger partial charge is 0.336 e. The Kier molecular flexibility index (Phi) is 7.88. The predicted octanol–water partition coefficient (Wildman–Crippen LogP) is 4.12. The minimum Gasteiger partial charge on any atom is -0.336 e. The van der Waals surface area contributed by atoms with E-state index in [2.05, 4.69) is 5.32 Å². The number of anilines is 1. The second-order valence-electron chi connectivity index (χ2n) is 5.93. The van der Waals surface area contributed by atoms with Gasteiger partial charge in [0.05, 0.1) is 12.2 Å². The quantitative estimate of drug-likeness (QED) is 0.530. The molecule has 0 saturated carbocycles. The molecule has 0 unspecified atom stereocenters. The SMILES string of the molecule is CSc1ccccc1NC(=O)CN(C)C(=O)CCC(=O)c1ccc(Cl)cc1. The van der Waals surface area contributed by atoms with E-state index >= 15 is 0 Å². The van der Waals surface area contributed by atoms with E-state index in [1.54, 1.807) is 31.3 Å². The van der Waals surface area contributed by atoms with E-state index < -0.39 is 0 Å². The fourth-order valence-corrected chi connectivity index (χ4v) is 3.11. The van der Waals surface area contributed by atoms with Crippen LogP contribution in [0, 0.1) is 0 Å². The monoisotopic (exact) mass is 404 g/mol. The second kappa shape index (κ2) is 10.1. The molecule has 2 rings (SSSR count). The number of ketones is 1. The summed E-state index contributed by atoms with van der Waals surface area (Å²) >= 11 is 7.33. The standard InChI is InChI=1S/C20H21ClN2O3S/c1-23(13-19(25)22-16-5-3-4-6-18(16)27-2)20(26)12-11-17(24)14-7-9-15(21)10-8-14/h3-10H,11-13H2,1-2H3,(H,22,25). The van der Waals surface area contributed by atoms with E-state index in [9.17, 15) is 14.4 Å². The molecule has 0 aliphatic heterocycles. The number of nitrogens with zero attached hydrogens (tertiary/aromatic N) is 1. The molecular weight excluding hydrogens is 384 g/mol. The number of halogens is 1. The first-order valence-corrected chi connectivity index (χ1v) is 9.96. The number of hydrogen-bond donors (Lipinski definition) is 1. The van der Waals surface area contributed by atoms with Crippen molar-refractivity contribution in [2.45, 2.75) is 17.7 Å². The van der Waals surface area contributed by atoms with Crippen LogP contribution < -0.4 is 5.32 Å². The molecule has 7 heteroatoms. The van der Waals surface area contributed by atoms with Gasteiger partial charge in [0.15, 0.2) is 5.78 Å². The van der Waals surface area contributed by atoms with E-state index in [0.29, 0.717) is 16.3 Å². The van der Waals surface area contributed by atoms with Crippen molar-refractivity contribution in [3.05, 3.63) is 59.1 Å². The minimum atomic E-state index is -0.281. The molecule has 0 radical (unpaired) electrons. The van der Waals surface area contributed by atoms with Gasteiger partial charge in [-0.05, 0) is 42.7 Å². The summed E-state index contributed by atoms with van der Waals surface area (Å²) < 4.78 is 0. The van der Waals surface area contributed by atoms with Crippen LogP contribution >= 0.6 is 23.4 Å². The average molecular weight is 405 g/mol. The summed E-state index contributed by atoms with van der Waals surface area (Å²) in [6.45, 7) is -0.0727. The molecule has 5 nitrogen and oxygen atoms in total. The van der Waals surface area contributed by atoms with E-state index in [0.717, 1.165) is 4.90 Å². The lowest BCUT2D eigenvalue weighted by Gasteiger charge is -2.17. The third-order valence-electron chi connectivity index (χ3n) is 3.92. The Morgan fingerprint density at radius 3 is 2.37 bits per heavy atom. The van der Waals surface area contributed by atoms with Crippen LogP contribution in [0.25, 0.3) is 0 Å². The fourth-order valence-electron chi connectivity index (χ4n) is 2.43. The molecule has 0 atom stereocenters. The van der Waals surface area contributed by atoms with Crippen molar-refractivity contribution < 1.29 is 14.4 Å². The van der Waals surface area contributed by atoms with Crippen LogP contribution in [0.1, 0.15) is 23.2 Å². The molecule has 0 bridgehead atoms. The van der Waals surface area contributed by atoms with Crippen LogP contribution in [0.3, 0.4) is 0 Å². The summed E-state index contributed by atoms with van der Waals surface area (Å²) in [6.07, 6.45) is 2.06. The van der Waals surface area contributed by atoms with Crippen molar-refractivity contribution in [2.24, 2.45) is 0 Å². The van der Waals surface area contributed by atoms with Gasteiger partial charge in [-0.3, -0.25) is 14.4 Å². The number of nitrogens with one attached hydrogen (secondary N) is 1. The zero-order valence-corrected chi connectivity index (χ0v) is 16.8. The number of hydrogen-bond acceptors (Lipinski definition) is 4. The maximum atomic E-state index is 12.2. The Hall–Kier alpha value is -2.31. The highest BCUT2D eigenvalue weighted by molar-refractivity contribution is 7.98. The number of thioether (sulfide) groups is 1. The predicted molar refractivity (Wildman–Crippen MR) is 110 cm³/mol. The zero-order valence-electron chi connectivity index (χ0n) is 15.2. The molecule has 0 aliphatic rings. The first-order chi connectivity index (χ1) is 12.9. The van der Waals surface area contributed by atoms with Crippen molar-refractivity contribution in [1.29, 1.82) is 0 Å². The van der Waals surface area contributed by atoms with Crippen molar-refractivity contribution in [1.82, 2.24) is 4.90 Å². The van der Waals surface area contributed by atoms with Gasteiger partial charge >= 0.3 is 0 Å². The van der Waals surface area contributed by atoms with E-state index in [-0.39, 0.29) is 37.0 Å². The number of para-hydroxylation sites is 1. The summed E-state index contributed by atoms with van der Waals surface area (Å²) in [4.78, 5) is 38.8. The van der Waals surface area contributed by atoms with E-state index in [4.69, 9.17) is 11.6 Å². The summed E-state index contributed by atoms with van der Waals surface area (Å²) in [5, 5.41) is 3.36. The zero-order chi connectivity index (χ0) is 19.8. The first kappa shape index (κ1) is 21.0. The Morgan fingerprint density at radius 2 is 1.70 bits per heavy atom. The maximum absolute atomic E-state index is 12.2. The topological polar surface area (TPSA) is 66.5 Å². The van der Waals surface area contributed by atoms with Crippen LogP contribution in [0.4, 0.5) is 5.69 Å². The fraction of sp³-hybridized carbons (Fsp3) is 0.250. The molecule has 2 aromatic rings. The van der Waals surface area contributed by atoms with Gasteiger partial charge in [0.2, 0.25) is 11.8 Å². The van der Waals surface area contributed by atoms with Gasteiger partial charge in [0.25, 0.3) is 0 Å². The molecule has 2 amide bonds. The van der Waals surface area contributed by atoms with Crippen LogP contribution in [0.5, 0.6) is 0 Å². The van der Waals surface area contributed by atoms with Crippen LogP contribution in [0.2, 0.25) is 5.02 Å². The lowest BCUT2D eigenvalue weighted by Crippen LogP contribution is -2.35. The minimum absolute atomic E-state index is 0.0483. The van der Waals surface area contributed by atoms with Gasteiger partial charge in [-0.2, -0.15) is 0 Å². The molecule has 27 heavy (non-hydrogen) atoms. The summed E-state index contributed by atoms with van der Waals surface area (Å²) in [7, 11) is 1.55. The van der Waals surface area contributed by atoms with E-state index in [1.807, 2.05) is 30.5 Å². The number of benzene rings is 2. The number of carbonyl (C=O) groups is 3. The van der Waals surface area contributed by atoms with Gasteiger partial charge in [-0.1, -0.05) is 23.7 Å². The van der Waals surface area contributed by atoms with Crippen molar-refractivity contribution in [3.8, 4) is 0 Å². The van der Waals surface area contributed by atoms with Crippen LogP contribution in [-0.2, 0) is 9.59 Å². The normalized spacial score (nSPS) is 10.3. The number of likely N-dealkylation sites (N-methyl/N-ethyl adjacent to an activating group) is 1. The van der Waals surface area contributed by atoms with Crippen molar-refractivity contribution in [3.63, 3.8) is 0 Å². The molecule has 0 heterocycles. The van der Waals surface area contributed by atoms with E-state index in [1.165, 1.54) is 16.7 Å². The molecule has 0 spiro atoms. The Balaban J connectivity index is 1.83. The van der Waals surface area contributed by atoms with Gasteiger partial charge in [0.1, 0.15) is 0 Å². The van der Waals surface area contributed by atoms with Crippen LogP contribution in [-0.4, -0.2) is 42.3 Å². The molecule has 0 saturated heterocycles.